The lowest BCUT2D eigenvalue weighted by Gasteiger charge is -2.37. The Balaban J connectivity index is 1.98. The number of aliphatic hydroxyl groups is 1. The quantitative estimate of drug-likeness (QED) is 0.149. The molecule has 2 aromatic carbocycles. The van der Waals surface area contributed by atoms with Crippen molar-refractivity contribution in [2.45, 2.75) is 98.0 Å². The number of carbonyl (C=O) groups excluding carboxylic acids is 3. The van der Waals surface area contributed by atoms with E-state index in [2.05, 4.69) is 20.9 Å². The van der Waals surface area contributed by atoms with E-state index in [1.54, 1.807) is 27.0 Å². The third-order valence-electron chi connectivity index (χ3n) is 8.94. The molecule has 52 heavy (non-hydrogen) atoms. The van der Waals surface area contributed by atoms with Gasteiger partial charge in [0.05, 0.1) is 24.9 Å². The van der Waals surface area contributed by atoms with E-state index >= 15 is 0 Å². The van der Waals surface area contributed by atoms with Gasteiger partial charge >= 0.3 is 12.2 Å². The highest BCUT2D eigenvalue weighted by atomic mass is 16.5. The van der Waals surface area contributed by atoms with Gasteiger partial charge in [-0.2, -0.15) is 0 Å². The maximum atomic E-state index is 13.9. The zero-order valence-electron chi connectivity index (χ0n) is 31.8. The fourth-order valence-electron chi connectivity index (χ4n) is 6.19. The molecular weight excluding hydrogens is 662 g/mol. The van der Waals surface area contributed by atoms with E-state index in [1.807, 2.05) is 94.4 Å². The van der Waals surface area contributed by atoms with Gasteiger partial charge in [-0.3, -0.25) is 19.5 Å². The van der Waals surface area contributed by atoms with Gasteiger partial charge in [-0.25, -0.2) is 9.59 Å². The van der Waals surface area contributed by atoms with Crippen LogP contribution in [0.1, 0.15) is 64.7 Å². The van der Waals surface area contributed by atoms with E-state index < -0.39 is 65.1 Å². The summed E-state index contributed by atoms with van der Waals surface area (Å²) >= 11 is 0. The number of amides is 4. The zero-order chi connectivity index (χ0) is 38.8. The van der Waals surface area contributed by atoms with Crippen molar-refractivity contribution in [3.05, 3.63) is 89.6 Å². The van der Waals surface area contributed by atoms with Crippen LogP contribution in [0.4, 0.5) is 9.59 Å². The number of methoxy groups -OCH3 is 1. The molecule has 12 nitrogen and oxygen atoms in total. The van der Waals surface area contributed by atoms with Crippen LogP contribution in [-0.2, 0) is 27.2 Å². The molecule has 0 aliphatic carbocycles. The second-order valence-electron chi connectivity index (χ2n) is 15.5. The number of nitrogens with one attached hydrogen (secondary N) is 3. The Hall–Kier alpha value is -4.97. The van der Waals surface area contributed by atoms with Crippen LogP contribution in [0.3, 0.4) is 0 Å². The number of likely N-dealkylation sites (N-methyl/N-ethyl adjacent to an activating group) is 1. The smallest absolute Gasteiger partial charge is 0.407 e. The van der Waals surface area contributed by atoms with Gasteiger partial charge in [0.15, 0.2) is 0 Å². The highest BCUT2D eigenvalue weighted by Crippen LogP contribution is 2.26. The summed E-state index contributed by atoms with van der Waals surface area (Å²) in [7, 11) is 2.57. The predicted molar refractivity (Wildman–Crippen MR) is 201 cm³/mol. The molecule has 4 amide bonds. The molecule has 3 aromatic rings. The number of carbonyl (C=O) groups is 4. The predicted octanol–water partition coefficient (Wildman–Crippen LogP) is 5.36. The van der Waals surface area contributed by atoms with Crippen molar-refractivity contribution in [1.29, 1.82) is 0 Å². The summed E-state index contributed by atoms with van der Waals surface area (Å²) in [5.41, 5.74) is 3.07. The van der Waals surface area contributed by atoms with Gasteiger partial charge in [0.2, 0.25) is 11.8 Å². The SMILES string of the molecule is COC(=O)NC(C(=O)NC(Cc1ccc(-c2ccc(C)cn2)cc1)CC(O)C(Cc1ccccc1)NC(=O)C(N(C)C(=O)O)C(C)(C)C)C(C)(C)C. The first-order chi connectivity index (χ1) is 24.3. The minimum Gasteiger partial charge on any atom is -0.465 e. The van der Waals surface area contributed by atoms with E-state index in [0.717, 1.165) is 32.8 Å². The minimum absolute atomic E-state index is 0.0226. The summed E-state index contributed by atoms with van der Waals surface area (Å²) in [6.45, 7) is 12.8. The van der Waals surface area contributed by atoms with E-state index in [4.69, 9.17) is 4.74 Å². The Morgan fingerprint density at radius 3 is 1.94 bits per heavy atom. The van der Waals surface area contributed by atoms with Gasteiger partial charge in [-0.1, -0.05) is 102 Å². The lowest BCUT2D eigenvalue weighted by molar-refractivity contribution is -0.131. The van der Waals surface area contributed by atoms with Crippen molar-refractivity contribution in [1.82, 2.24) is 25.8 Å². The summed E-state index contributed by atoms with van der Waals surface area (Å²) in [6, 6.07) is 17.6. The third kappa shape index (κ3) is 12.1. The number of aromatic nitrogens is 1. The van der Waals surface area contributed by atoms with Gasteiger partial charge in [-0.05, 0) is 59.8 Å². The number of hydrogen-bond acceptors (Lipinski definition) is 7. The van der Waals surface area contributed by atoms with Crippen LogP contribution in [0.5, 0.6) is 0 Å². The number of alkyl carbamates (subject to hydrolysis) is 1. The highest BCUT2D eigenvalue weighted by Gasteiger charge is 2.40. The second kappa shape index (κ2) is 18.0. The highest BCUT2D eigenvalue weighted by molar-refractivity contribution is 5.87. The zero-order valence-corrected chi connectivity index (χ0v) is 31.8. The molecule has 0 spiro atoms. The molecule has 12 heteroatoms. The Bertz CT molecular complexity index is 1630. The van der Waals surface area contributed by atoms with Gasteiger partial charge < -0.3 is 30.9 Å². The van der Waals surface area contributed by atoms with Crippen LogP contribution in [0.25, 0.3) is 11.3 Å². The normalized spacial score (nSPS) is 14.6. The second-order valence-corrected chi connectivity index (χ2v) is 15.5. The van der Waals surface area contributed by atoms with Crippen molar-refractivity contribution in [3.63, 3.8) is 0 Å². The number of rotatable bonds is 14. The average molecular weight is 718 g/mol. The van der Waals surface area contributed by atoms with Crippen molar-refractivity contribution in [2.24, 2.45) is 10.8 Å². The number of ether oxygens (including phenoxy) is 1. The summed E-state index contributed by atoms with van der Waals surface area (Å²) in [6.07, 6.45) is -0.795. The molecule has 0 aliphatic heterocycles. The third-order valence-corrected chi connectivity index (χ3v) is 8.94. The maximum Gasteiger partial charge on any atom is 0.407 e. The van der Waals surface area contributed by atoms with Crippen LogP contribution < -0.4 is 16.0 Å². The first-order valence-electron chi connectivity index (χ1n) is 17.4. The molecule has 0 bridgehead atoms. The van der Waals surface area contributed by atoms with Gasteiger partial charge in [0.25, 0.3) is 0 Å². The Morgan fingerprint density at radius 1 is 0.808 bits per heavy atom. The topological polar surface area (TPSA) is 170 Å². The van der Waals surface area contributed by atoms with Crippen LogP contribution in [-0.4, -0.2) is 88.5 Å². The van der Waals surface area contributed by atoms with Gasteiger partial charge in [0.1, 0.15) is 12.1 Å². The maximum absolute atomic E-state index is 13.9. The molecule has 0 aliphatic rings. The molecule has 0 saturated heterocycles. The van der Waals surface area contributed by atoms with Crippen molar-refractivity contribution in [2.75, 3.05) is 14.2 Å². The molecule has 3 rings (SSSR count). The van der Waals surface area contributed by atoms with E-state index in [9.17, 15) is 29.4 Å². The minimum atomic E-state index is -1.25. The number of nitrogens with zero attached hydrogens (tertiary/aromatic N) is 2. The van der Waals surface area contributed by atoms with Crippen LogP contribution in [0.2, 0.25) is 0 Å². The monoisotopic (exact) mass is 717 g/mol. The first kappa shape index (κ1) is 41.5. The molecule has 5 atom stereocenters. The fraction of sp³-hybridized carbons (Fsp3) is 0.475. The molecular formula is C40H55N5O7. The molecule has 5 unspecified atom stereocenters. The summed E-state index contributed by atoms with van der Waals surface area (Å²) < 4.78 is 4.79. The Morgan fingerprint density at radius 2 is 1.42 bits per heavy atom. The van der Waals surface area contributed by atoms with Crippen molar-refractivity contribution >= 4 is 24.0 Å². The largest absolute Gasteiger partial charge is 0.465 e. The Labute approximate surface area is 307 Å². The van der Waals surface area contributed by atoms with Gasteiger partial charge in [-0.15, -0.1) is 0 Å². The van der Waals surface area contributed by atoms with E-state index in [-0.39, 0.29) is 12.8 Å². The summed E-state index contributed by atoms with van der Waals surface area (Å²) in [4.78, 5) is 57.4. The van der Waals surface area contributed by atoms with Crippen LogP contribution >= 0.6 is 0 Å². The number of benzene rings is 2. The molecule has 1 aromatic heterocycles. The van der Waals surface area contributed by atoms with Crippen molar-refractivity contribution in [3.8, 4) is 11.3 Å². The molecule has 0 fully saturated rings. The molecule has 0 saturated carbocycles. The number of carboxylic acid groups (broad SMARTS) is 1. The standard InChI is InChI=1S/C40H55N5O7/c1-25-15-20-30(41-24-25)28-18-16-27(17-19-28)21-29(42-35(47)33(39(2,3)4)44-37(49)52-9)23-32(46)31(22-26-13-11-10-12-14-26)43-36(48)34(40(5,6)7)45(8)38(50)51/h10-20,24,29,31-34,46H,21-23H2,1-9H3,(H,42,47)(H,43,48)(H,44,49)(H,50,51). The number of aliphatic hydroxyl groups excluding tert-OH is 1. The van der Waals surface area contributed by atoms with E-state index in [0.29, 0.717) is 6.42 Å². The number of hydrogen-bond donors (Lipinski definition) is 5. The van der Waals surface area contributed by atoms with Crippen LogP contribution in [0, 0.1) is 17.8 Å². The van der Waals surface area contributed by atoms with Crippen LogP contribution in [0.15, 0.2) is 72.9 Å². The number of aryl methyl sites for hydroxylation is 1. The lowest BCUT2D eigenvalue weighted by Crippen LogP contribution is -2.59. The van der Waals surface area contributed by atoms with Crippen molar-refractivity contribution < 1.29 is 34.1 Å². The average Bonchev–Trinajstić information content (AvgIpc) is 3.06. The number of pyridine rings is 1. The molecule has 0 radical (unpaired) electrons. The molecule has 1 heterocycles. The fourth-order valence-corrected chi connectivity index (χ4v) is 6.19. The van der Waals surface area contributed by atoms with Gasteiger partial charge in [0, 0.05) is 24.8 Å². The molecule has 5 N–H and O–H groups in total. The molecule has 282 valence electrons. The lowest BCUT2D eigenvalue weighted by atomic mass is 9.84. The first-order valence-corrected chi connectivity index (χ1v) is 17.4. The summed E-state index contributed by atoms with van der Waals surface area (Å²) in [5.74, 6) is -1.01. The Kier molecular flexibility index (Phi) is 14.3. The van der Waals surface area contributed by atoms with E-state index in [1.165, 1.54) is 14.2 Å². The summed E-state index contributed by atoms with van der Waals surface area (Å²) in [5, 5.41) is 30.3.